The molecule has 1 aromatic rings. The third kappa shape index (κ3) is 3.66. The molecule has 1 N–H and O–H groups in total. The van der Waals surface area contributed by atoms with Gasteiger partial charge in [0.05, 0.1) is 13.1 Å². The van der Waals surface area contributed by atoms with E-state index in [4.69, 9.17) is 0 Å². The van der Waals surface area contributed by atoms with E-state index in [0.29, 0.717) is 5.91 Å². The minimum atomic E-state index is -0.223. The van der Waals surface area contributed by atoms with Gasteiger partial charge in [0.25, 0.3) is 5.91 Å². The van der Waals surface area contributed by atoms with Gasteiger partial charge in [-0.1, -0.05) is 30.3 Å². The normalized spacial score (nSPS) is 25.1. The maximum atomic E-state index is 14.1. The van der Waals surface area contributed by atoms with Gasteiger partial charge in [0.15, 0.2) is 5.54 Å². The zero-order valence-corrected chi connectivity index (χ0v) is 16.8. The molecule has 0 aromatic heterocycles. The number of hydrogen-bond donors (Lipinski definition) is 1. The van der Waals surface area contributed by atoms with Crippen LogP contribution in [-0.2, 0) is 11.3 Å². The van der Waals surface area contributed by atoms with E-state index < -0.39 is 0 Å². The van der Waals surface area contributed by atoms with Gasteiger partial charge in [-0.2, -0.15) is 0 Å². The number of piperidine rings is 3. The van der Waals surface area contributed by atoms with Crippen LogP contribution in [0.5, 0.6) is 0 Å². The summed E-state index contributed by atoms with van der Waals surface area (Å²) >= 11 is 0. The zero-order chi connectivity index (χ0) is 18.6. The maximum absolute atomic E-state index is 14.1. The maximum Gasteiger partial charge on any atom is 0.284 e. The van der Waals surface area contributed by atoms with Crippen molar-refractivity contribution in [3.8, 4) is 0 Å². The number of carbonyl (C=O) groups is 1. The average molecular weight is 371 g/mol. The lowest BCUT2D eigenvalue weighted by Crippen LogP contribution is -2.74. The lowest BCUT2D eigenvalue weighted by molar-refractivity contribution is -0.984. The number of likely N-dealkylation sites (tertiary alicyclic amines) is 2. The predicted molar refractivity (Wildman–Crippen MR) is 109 cm³/mol. The molecule has 27 heavy (non-hydrogen) atoms. The fourth-order valence-electron chi connectivity index (χ4n) is 5.91. The molecule has 3 fully saturated rings. The Kier molecular flexibility index (Phi) is 5.84. The standard InChI is InChI=1S/C23H36N3O/c27-22(25-16-6-2-7-17-25)23(12-14-24-15-13-23)26(18-8-3-9-19-26)20-21-10-4-1-5-11-21/h1,4-5,10-11,24H,2-3,6-9,12-20H2/q+1. The van der Waals surface area contributed by atoms with Crippen molar-refractivity contribution in [1.29, 1.82) is 0 Å². The van der Waals surface area contributed by atoms with Gasteiger partial charge in [-0.25, -0.2) is 0 Å². The molecular weight excluding hydrogens is 334 g/mol. The van der Waals surface area contributed by atoms with E-state index in [1.165, 1.54) is 44.1 Å². The lowest BCUT2D eigenvalue weighted by Gasteiger charge is -2.56. The Bertz CT molecular complexity index is 612. The Morgan fingerprint density at radius 2 is 1.56 bits per heavy atom. The lowest BCUT2D eigenvalue weighted by atomic mass is 9.79. The minimum Gasteiger partial charge on any atom is -0.337 e. The van der Waals surface area contributed by atoms with Gasteiger partial charge < -0.3 is 14.7 Å². The van der Waals surface area contributed by atoms with Crippen LogP contribution in [0.3, 0.4) is 0 Å². The van der Waals surface area contributed by atoms with Crippen LogP contribution >= 0.6 is 0 Å². The van der Waals surface area contributed by atoms with Crippen molar-refractivity contribution >= 4 is 5.91 Å². The first-order valence-electron chi connectivity index (χ1n) is 11.2. The summed E-state index contributed by atoms with van der Waals surface area (Å²) in [7, 11) is 0. The summed E-state index contributed by atoms with van der Waals surface area (Å²) < 4.78 is 0.994. The second-order valence-electron chi connectivity index (χ2n) is 8.93. The molecule has 148 valence electrons. The zero-order valence-electron chi connectivity index (χ0n) is 16.8. The van der Waals surface area contributed by atoms with Crippen molar-refractivity contribution in [3.63, 3.8) is 0 Å². The molecule has 0 atom stereocenters. The van der Waals surface area contributed by atoms with E-state index >= 15 is 0 Å². The van der Waals surface area contributed by atoms with Gasteiger partial charge in [-0.3, -0.25) is 4.79 Å². The topological polar surface area (TPSA) is 32.3 Å². The Morgan fingerprint density at radius 1 is 0.926 bits per heavy atom. The average Bonchev–Trinajstić information content (AvgIpc) is 2.75. The first-order chi connectivity index (χ1) is 13.3. The number of nitrogens with zero attached hydrogens (tertiary/aromatic N) is 2. The van der Waals surface area contributed by atoms with Gasteiger partial charge in [0.2, 0.25) is 0 Å². The summed E-state index contributed by atoms with van der Waals surface area (Å²) in [5, 5.41) is 3.54. The monoisotopic (exact) mass is 370 g/mol. The third-order valence-electron chi connectivity index (χ3n) is 7.38. The molecule has 0 aliphatic carbocycles. The van der Waals surface area contributed by atoms with Crippen LogP contribution in [0.1, 0.15) is 56.9 Å². The number of quaternary nitrogens is 1. The fraction of sp³-hybridized carbons (Fsp3) is 0.696. The largest absolute Gasteiger partial charge is 0.337 e. The Hall–Kier alpha value is -1.39. The highest BCUT2D eigenvalue weighted by molar-refractivity contribution is 5.85. The summed E-state index contributed by atoms with van der Waals surface area (Å²) in [5.41, 5.74) is 1.17. The summed E-state index contributed by atoms with van der Waals surface area (Å²) in [4.78, 5) is 16.3. The van der Waals surface area contributed by atoms with Gasteiger partial charge in [0, 0.05) is 44.6 Å². The van der Waals surface area contributed by atoms with Crippen molar-refractivity contribution in [2.45, 2.75) is 63.5 Å². The molecule has 0 saturated carbocycles. The summed E-state index contributed by atoms with van der Waals surface area (Å²) in [6, 6.07) is 10.9. The first kappa shape index (κ1) is 18.9. The highest BCUT2D eigenvalue weighted by Gasteiger charge is 2.58. The SMILES string of the molecule is O=C(N1CCCCC1)C1([N+]2(Cc3ccccc3)CCCCC2)CCNCC1. The molecule has 0 spiro atoms. The molecule has 0 unspecified atom stereocenters. The second-order valence-corrected chi connectivity index (χ2v) is 8.93. The van der Waals surface area contributed by atoms with E-state index in [2.05, 4.69) is 40.5 Å². The first-order valence-corrected chi connectivity index (χ1v) is 11.2. The van der Waals surface area contributed by atoms with Crippen molar-refractivity contribution in [3.05, 3.63) is 35.9 Å². The predicted octanol–water partition coefficient (Wildman–Crippen LogP) is 3.32. The number of benzene rings is 1. The molecule has 4 heteroatoms. The summed E-state index contributed by atoms with van der Waals surface area (Å²) in [6.45, 7) is 7.24. The molecule has 3 saturated heterocycles. The van der Waals surface area contributed by atoms with Crippen LogP contribution in [0.4, 0.5) is 0 Å². The van der Waals surface area contributed by atoms with E-state index in [1.807, 2.05) is 0 Å². The van der Waals surface area contributed by atoms with Crippen molar-refractivity contribution in [1.82, 2.24) is 10.2 Å². The number of carbonyl (C=O) groups excluding carboxylic acids is 1. The van der Waals surface area contributed by atoms with E-state index in [0.717, 1.165) is 63.1 Å². The molecule has 4 rings (SSSR count). The molecule has 3 heterocycles. The highest BCUT2D eigenvalue weighted by atomic mass is 16.2. The highest BCUT2D eigenvalue weighted by Crippen LogP contribution is 2.41. The van der Waals surface area contributed by atoms with E-state index in [-0.39, 0.29) is 5.54 Å². The van der Waals surface area contributed by atoms with Crippen LogP contribution in [0.25, 0.3) is 0 Å². The molecule has 3 aliphatic heterocycles. The second kappa shape index (κ2) is 8.32. The molecular formula is C23H36N3O+. The molecule has 4 nitrogen and oxygen atoms in total. The Balaban J connectivity index is 1.71. The number of nitrogens with one attached hydrogen (secondary N) is 1. The van der Waals surface area contributed by atoms with Gasteiger partial charge >= 0.3 is 0 Å². The number of hydrogen-bond acceptors (Lipinski definition) is 2. The van der Waals surface area contributed by atoms with Gasteiger partial charge in [0.1, 0.15) is 6.54 Å². The molecule has 0 bridgehead atoms. The fourth-order valence-corrected chi connectivity index (χ4v) is 5.91. The van der Waals surface area contributed by atoms with Crippen molar-refractivity contribution in [2.24, 2.45) is 0 Å². The number of amides is 1. The Morgan fingerprint density at radius 3 is 2.22 bits per heavy atom. The summed E-state index contributed by atoms with van der Waals surface area (Å²) in [5.74, 6) is 0.474. The van der Waals surface area contributed by atoms with Crippen LogP contribution in [0.15, 0.2) is 30.3 Å². The van der Waals surface area contributed by atoms with Crippen LogP contribution in [0.2, 0.25) is 0 Å². The minimum absolute atomic E-state index is 0.223. The third-order valence-corrected chi connectivity index (χ3v) is 7.38. The molecule has 0 radical (unpaired) electrons. The molecule has 3 aliphatic rings. The quantitative estimate of drug-likeness (QED) is 0.825. The Labute approximate surface area is 164 Å². The van der Waals surface area contributed by atoms with Crippen LogP contribution in [0, 0.1) is 0 Å². The molecule has 1 amide bonds. The van der Waals surface area contributed by atoms with E-state index in [1.54, 1.807) is 0 Å². The van der Waals surface area contributed by atoms with Gasteiger partial charge in [-0.05, 0) is 38.5 Å². The van der Waals surface area contributed by atoms with Crippen molar-refractivity contribution in [2.75, 3.05) is 39.3 Å². The molecule has 1 aromatic carbocycles. The summed E-state index contributed by atoms with van der Waals surface area (Å²) in [6.07, 6.45) is 9.47. The smallest absolute Gasteiger partial charge is 0.284 e. The van der Waals surface area contributed by atoms with E-state index in [9.17, 15) is 4.79 Å². The van der Waals surface area contributed by atoms with Crippen LogP contribution < -0.4 is 5.32 Å². The van der Waals surface area contributed by atoms with Crippen molar-refractivity contribution < 1.29 is 9.28 Å². The number of rotatable bonds is 4. The van der Waals surface area contributed by atoms with Crippen LogP contribution in [-0.4, -0.2) is 60.1 Å². The van der Waals surface area contributed by atoms with Gasteiger partial charge in [-0.15, -0.1) is 0 Å².